The van der Waals surface area contributed by atoms with Gasteiger partial charge in [-0.1, -0.05) is 48.5 Å². The lowest BCUT2D eigenvalue weighted by Gasteiger charge is -2.13. The van der Waals surface area contributed by atoms with Crippen molar-refractivity contribution in [3.8, 4) is 17.0 Å². The molecule has 5 rings (SSSR count). The van der Waals surface area contributed by atoms with E-state index in [1.807, 2.05) is 70.6 Å². The number of nitro groups is 1. The van der Waals surface area contributed by atoms with Gasteiger partial charge in [-0.2, -0.15) is 0 Å². The minimum atomic E-state index is -0.608. The molecule has 0 radical (unpaired) electrons. The van der Waals surface area contributed by atoms with Crippen LogP contribution in [0.1, 0.15) is 21.7 Å². The van der Waals surface area contributed by atoms with E-state index in [2.05, 4.69) is 0 Å². The molecule has 40 heavy (non-hydrogen) atoms. The average Bonchev–Trinajstić information content (AvgIpc) is 3.33. The van der Waals surface area contributed by atoms with Crippen LogP contribution in [0.25, 0.3) is 11.3 Å². The van der Waals surface area contributed by atoms with Gasteiger partial charge in [-0.05, 0) is 36.8 Å². The monoisotopic (exact) mass is 553 g/mol. The number of aryl methyl sites for hydroxylation is 1. The summed E-state index contributed by atoms with van der Waals surface area (Å²) in [5.41, 5.74) is 2.00. The third-order valence-electron chi connectivity index (χ3n) is 6.02. The lowest BCUT2D eigenvalue weighted by Crippen LogP contribution is -2.20. The van der Waals surface area contributed by atoms with Crippen LogP contribution in [-0.2, 0) is 6.54 Å². The molecular formula is C30H23N3O6S. The summed E-state index contributed by atoms with van der Waals surface area (Å²) < 4.78 is 13.3. The summed E-state index contributed by atoms with van der Waals surface area (Å²) in [5, 5.41) is 12.7. The first-order valence-corrected chi connectivity index (χ1v) is 13.1. The van der Waals surface area contributed by atoms with Crippen molar-refractivity contribution < 1.29 is 18.9 Å². The molecule has 0 unspecified atom stereocenters. The number of hydrogen-bond acceptors (Lipinski definition) is 8. The molecule has 5 aromatic rings. The second-order valence-corrected chi connectivity index (χ2v) is 9.66. The van der Waals surface area contributed by atoms with Gasteiger partial charge in [-0.15, -0.1) is 11.3 Å². The van der Waals surface area contributed by atoms with Gasteiger partial charge < -0.3 is 13.7 Å². The number of ketones is 1. The topological polar surface area (TPSA) is 117 Å². The van der Waals surface area contributed by atoms with Crippen LogP contribution < -0.4 is 15.2 Å². The van der Waals surface area contributed by atoms with Crippen molar-refractivity contribution in [2.24, 2.45) is 4.99 Å². The number of carbonyl (C=O) groups is 1. The van der Waals surface area contributed by atoms with E-state index < -0.39 is 16.3 Å². The molecule has 9 nitrogen and oxygen atoms in total. The van der Waals surface area contributed by atoms with Crippen LogP contribution in [0.4, 0.5) is 11.4 Å². The van der Waals surface area contributed by atoms with Gasteiger partial charge in [0.05, 0.1) is 22.8 Å². The van der Waals surface area contributed by atoms with Crippen molar-refractivity contribution in [3.63, 3.8) is 0 Å². The quantitative estimate of drug-likeness (QED) is 0.127. The molecule has 0 atom stereocenters. The van der Waals surface area contributed by atoms with Crippen LogP contribution in [0, 0.1) is 17.0 Å². The van der Waals surface area contributed by atoms with Crippen molar-refractivity contribution >= 4 is 28.5 Å². The molecule has 3 aromatic carbocycles. The van der Waals surface area contributed by atoms with E-state index in [0.717, 1.165) is 11.3 Å². The lowest BCUT2D eigenvalue weighted by atomic mass is 10.1. The summed E-state index contributed by atoms with van der Waals surface area (Å²) in [6.07, 6.45) is 0. The van der Waals surface area contributed by atoms with Gasteiger partial charge in [0.1, 0.15) is 17.1 Å². The Hall–Kier alpha value is -5.09. The van der Waals surface area contributed by atoms with Crippen molar-refractivity contribution in [2.75, 3.05) is 6.61 Å². The van der Waals surface area contributed by atoms with Crippen LogP contribution in [0.2, 0.25) is 0 Å². The molecule has 0 aliphatic carbocycles. The highest BCUT2D eigenvalue weighted by Crippen LogP contribution is 2.29. The number of non-ortho nitro benzene ring substituents is 1. The fourth-order valence-electron chi connectivity index (χ4n) is 4.08. The third-order valence-corrected chi connectivity index (χ3v) is 6.88. The van der Waals surface area contributed by atoms with Crippen LogP contribution in [-0.4, -0.2) is 21.9 Å². The summed E-state index contributed by atoms with van der Waals surface area (Å²) in [4.78, 5) is 41.9. The Bertz CT molecular complexity index is 1790. The predicted molar refractivity (Wildman–Crippen MR) is 151 cm³/mol. The fraction of sp³-hybridized carbons (Fsp3) is 0.100. The Labute approximate surface area is 232 Å². The predicted octanol–water partition coefficient (Wildman–Crippen LogP) is 5.93. The third kappa shape index (κ3) is 5.97. The maximum atomic E-state index is 13.2. The van der Waals surface area contributed by atoms with E-state index in [4.69, 9.17) is 14.1 Å². The van der Waals surface area contributed by atoms with E-state index in [0.29, 0.717) is 22.8 Å². The van der Waals surface area contributed by atoms with Crippen molar-refractivity contribution in [3.05, 3.63) is 139 Å². The molecule has 2 heterocycles. The molecule has 0 N–H and O–H groups in total. The standard InChI is InChI=1S/C30H23N3O6S/c1-20-16-27(38-18-26(34)22-12-14-24(15-13-22)33(36)37)28(29(35)39-20)25-19-40-30(31-23-10-6-3-7-11-23)32(25)17-21-8-4-2-5-9-21/h2-16,19H,17-18H2,1H3. The molecule has 10 heteroatoms. The van der Waals surface area contributed by atoms with Gasteiger partial charge in [-0.25, -0.2) is 9.79 Å². The smallest absolute Gasteiger partial charge is 0.349 e. The zero-order chi connectivity index (χ0) is 28.1. The van der Waals surface area contributed by atoms with E-state index in [1.165, 1.54) is 35.6 Å². The number of rotatable bonds is 9. The second kappa shape index (κ2) is 11.7. The highest BCUT2D eigenvalue weighted by Gasteiger charge is 2.21. The molecule has 200 valence electrons. The van der Waals surface area contributed by atoms with Gasteiger partial charge in [-0.3, -0.25) is 14.9 Å². The lowest BCUT2D eigenvalue weighted by molar-refractivity contribution is -0.384. The molecule has 2 aromatic heterocycles. The zero-order valence-electron chi connectivity index (χ0n) is 21.4. The SMILES string of the molecule is Cc1cc(OCC(=O)c2ccc([N+](=O)[O-])cc2)c(-c2csc(=Nc3ccccc3)n2Cc2ccccc2)c(=O)o1. The Morgan fingerprint density at radius 2 is 1.70 bits per heavy atom. The van der Waals surface area contributed by atoms with Gasteiger partial charge in [0.2, 0.25) is 0 Å². The number of benzene rings is 3. The highest BCUT2D eigenvalue weighted by atomic mass is 32.1. The molecule has 0 saturated carbocycles. The number of thiazole rings is 1. The maximum Gasteiger partial charge on any atom is 0.349 e. The van der Waals surface area contributed by atoms with Crippen LogP contribution >= 0.6 is 11.3 Å². The zero-order valence-corrected chi connectivity index (χ0v) is 22.2. The number of carbonyl (C=O) groups excluding carboxylic acids is 1. The molecule has 0 bridgehead atoms. The van der Waals surface area contributed by atoms with Crippen molar-refractivity contribution in [1.82, 2.24) is 4.57 Å². The first kappa shape index (κ1) is 26.5. The van der Waals surface area contributed by atoms with E-state index >= 15 is 0 Å². The molecule has 0 aliphatic heterocycles. The van der Waals surface area contributed by atoms with E-state index in [1.54, 1.807) is 13.0 Å². The molecule has 0 amide bonds. The van der Waals surface area contributed by atoms with Crippen molar-refractivity contribution in [2.45, 2.75) is 13.5 Å². The summed E-state index contributed by atoms with van der Waals surface area (Å²) in [6, 6.07) is 26.1. The average molecular weight is 554 g/mol. The first-order chi connectivity index (χ1) is 19.4. The number of hydrogen-bond donors (Lipinski definition) is 0. The second-order valence-electron chi connectivity index (χ2n) is 8.82. The molecule has 0 aliphatic rings. The number of para-hydroxylation sites is 1. The maximum absolute atomic E-state index is 13.2. The molecule has 0 fully saturated rings. The van der Waals surface area contributed by atoms with Gasteiger partial charge >= 0.3 is 5.63 Å². The van der Waals surface area contributed by atoms with Crippen LogP contribution in [0.3, 0.4) is 0 Å². The largest absolute Gasteiger partial charge is 0.484 e. The van der Waals surface area contributed by atoms with E-state index in [9.17, 15) is 19.7 Å². The Morgan fingerprint density at radius 1 is 1.02 bits per heavy atom. The first-order valence-electron chi connectivity index (χ1n) is 12.3. The summed E-state index contributed by atoms with van der Waals surface area (Å²) in [6.45, 7) is 1.68. The minimum Gasteiger partial charge on any atom is -0.484 e. The van der Waals surface area contributed by atoms with Gasteiger partial charge in [0.25, 0.3) is 5.69 Å². The normalized spacial score (nSPS) is 11.4. The summed E-state index contributed by atoms with van der Waals surface area (Å²) in [5.74, 6) is 0.120. The van der Waals surface area contributed by atoms with Crippen LogP contribution in [0.5, 0.6) is 5.75 Å². The molecule has 0 spiro atoms. The van der Waals surface area contributed by atoms with Crippen LogP contribution in [0.15, 0.2) is 111 Å². The number of nitro benzene ring substituents is 1. The van der Waals surface area contributed by atoms with Gasteiger partial charge in [0.15, 0.2) is 17.2 Å². The Kier molecular flexibility index (Phi) is 7.79. The number of nitrogens with zero attached hydrogens (tertiary/aromatic N) is 3. The number of Topliss-reactive ketones (excluding diaryl/α,β-unsaturated/α-hetero) is 1. The molecule has 0 saturated heterocycles. The van der Waals surface area contributed by atoms with Gasteiger partial charge in [0, 0.05) is 29.1 Å². The Morgan fingerprint density at radius 3 is 2.38 bits per heavy atom. The number of aromatic nitrogens is 1. The van der Waals surface area contributed by atoms with E-state index in [-0.39, 0.29) is 29.2 Å². The summed E-state index contributed by atoms with van der Waals surface area (Å²) in [7, 11) is 0. The number of ether oxygens (including phenoxy) is 1. The van der Waals surface area contributed by atoms with Crippen molar-refractivity contribution in [1.29, 1.82) is 0 Å². The highest BCUT2D eigenvalue weighted by molar-refractivity contribution is 7.07. The minimum absolute atomic E-state index is 0.117. The summed E-state index contributed by atoms with van der Waals surface area (Å²) >= 11 is 1.37. The fourth-order valence-corrected chi connectivity index (χ4v) is 4.99. The molecular weight excluding hydrogens is 530 g/mol. The Balaban J connectivity index is 1.54.